The number of hydrogen-bond donors (Lipinski definition) is 1. The van der Waals surface area contributed by atoms with Gasteiger partial charge in [0.05, 0.1) is 7.05 Å². The molecule has 0 bridgehead atoms. The van der Waals surface area contributed by atoms with Gasteiger partial charge in [-0.1, -0.05) is 0 Å². The number of anilines is 1. The lowest BCUT2D eigenvalue weighted by Gasteiger charge is -2.25. The van der Waals surface area contributed by atoms with Gasteiger partial charge in [-0.3, -0.25) is 4.90 Å². The van der Waals surface area contributed by atoms with E-state index in [0.717, 1.165) is 44.8 Å². The molecule has 2 aliphatic rings. The summed E-state index contributed by atoms with van der Waals surface area (Å²) in [6.45, 7) is 5.51. The van der Waals surface area contributed by atoms with E-state index in [1.165, 1.54) is 0 Å². The molecule has 0 radical (unpaired) electrons. The largest absolute Gasteiger partial charge is 0.331 e. The highest BCUT2D eigenvalue weighted by Gasteiger charge is 2.29. The van der Waals surface area contributed by atoms with Crippen molar-refractivity contribution < 1.29 is 18.3 Å². The third kappa shape index (κ3) is 3.04. The first-order valence-electron chi connectivity index (χ1n) is 7.65. The third-order valence-corrected chi connectivity index (χ3v) is 6.32. The number of piperazine rings is 1. The van der Waals surface area contributed by atoms with Gasteiger partial charge in [0.15, 0.2) is 0 Å². The Morgan fingerprint density at radius 3 is 2.33 bits per heavy atom. The fraction of sp³-hybridized carbons (Fsp3) is 0.643. The predicted octanol–water partition coefficient (Wildman–Crippen LogP) is -1.38. The van der Waals surface area contributed by atoms with Crippen molar-refractivity contribution in [3.8, 4) is 0 Å². The van der Waals surface area contributed by atoms with Crippen LogP contribution in [0.15, 0.2) is 23.2 Å². The molecule has 0 saturated carbocycles. The van der Waals surface area contributed by atoms with Crippen LogP contribution in [0.2, 0.25) is 0 Å². The Morgan fingerprint density at radius 2 is 1.76 bits per heavy atom. The van der Waals surface area contributed by atoms with Crippen molar-refractivity contribution in [1.82, 2.24) is 4.31 Å². The average molecular weight is 312 g/mol. The van der Waals surface area contributed by atoms with Crippen molar-refractivity contribution in [3.63, 3.8) is 0 Å². The second-order valence-electron chi connectivity index (χ2n) is 5.96. The Balaban J connectivity index is 1.74. The van der Waals surface area contributed by atoms with Crippen LogP contribution in [-0.4, -0.2) is 59.0 Å². The molecule has 0 amide bonds. The Hall–Kier alpha value is -1.18. The molecule has 2 fully saturated rings. The topological polar surface area (TPSA) is 59.2 Å². The van der Waals surface area contributed by atoms with Crippen LogP contribution in [0.25, 0.3) is 0 Å². The molecule has 7 heteroatoms. The van der Waals surface area contributed by atoms with Crippen LogP contribution in [0, 0.1) is 0 Å². The molecule has 0 atom stereocenters. The molecular formula is C14H24N4O2S+2. The molecule has 21 heavy (non-hydrogen) atoms. The highest BCUT2D eigenvalue weighted by atomic mass is 32.2. The minimum Gasteiger partial charge on any atom is -0.331 e. The Labute approximate surface area is 126 Å². The molecule has 0 spiro atoms. The van der Waals surface area contributed by atoms with Crippen molar-refractivity contribution in [2.75, 3.05) is 51.2 Å². The zero-order valence-electron chi connectivity index (χ0n) is 12.5. The quantitative estimate of drug-likeness (QED) is 0.748. The highest BCUT2D eigenvalue weighted by Crippen LogP contribution is 2.20. The minimum absolute atomic E-state index is 0.368. The van der Waals surface area contributed by atoms with Crippen LogP contribution in [0.5, 0.6) is 0 Å². The first-order chi connectivity index (χ1) is 10.1. The minimum atomic E-state index is -3.32. The van der Waals surface area contributed by atoms with Crippen molar-refractivity contribution in [2.45, 2.75) is 17.7 Å². The van der Waals surface area contributed by atoms with E-state index in [1.807, 2.05) is 6.07 Å². The molecule has 3 heterocycles. The zero-order chi connectivity index (χ0) is 14.9. The summed E-state index contributed by atoms with van der Waals surface area (Å²) in [6, 6.07) is 3.62. The molecule has 2 N–H and O–H groups in total. The van der Waals surface area contributed by atoms with Crippen molar-refractivity contribution in [2.24, 2.45) is 0 Å². The summed E-state index contributed by atoms with van der Waals surface area (Å²) < 4.78 is 26.5. The standard InChI is InChI=1S/C14H22N4O2S/c1-16-8-10-17(11-9-16)14-5-4-13(12-15-14)21(19,20)18-6-2-3-7-18/h4-5,12H,2-3,6-11H2,1H3/p+2. The predicted molar refractivity (Wildman–Crippen MR) is 79.8 cm³/mol. The summed E-state index contributed by atoms with van der Waals surface area (Å²) in [7, 11) is -1.11. The van der Waals surface area contributed by atoms with E-state index in [9.17, 15) is 8.42 Å². The lowest BCUT2D eigenvalue weighted by Crippen LogP contribution is -3.12. The third-order valence-electron chi connectivity index (χ3n) is 4.43. The van der Waals surface area contributed by atoms with Crippen LogP contribution in [-0.2, 0) is 10.0 Å². The van der Waals surface area contributed by atoms with Gasteiger partial charge in [-0.25, -0.2) is 13.4 Å². The molecule has 1 aromatic heterocycles. The van der Waals surface area contributed by atoms with Gasteiger partial charge in [-0.2, -0.15) is 4.31 Å². The molecular weight excluding hydrogens is 288 g/mol. The monoisotopic (exact) mass is 312 g/mol. The van der Waals surface area contributed by atoms with Crippen LogP contribution in [0.4, 0.5) is 5.82 Å². The zero-order valence-corrected chi connectivity index (χ0v) is 13.3. The Kier molecular flexibility index (Phi) is 4.14. The van der Waals surface area contributed by atoms with E-state index in [2.05, 4.69) is 16.9 Å². The second kappa shape index (κ2) is 5.90. The van der Waals surface area contributed by atoms with Gasteiger partial charge in [0.2, 0.25) is 10.0 Å². The van der Waals surface area contributed by atoms with E-state index in [0.29, 0.717) is 18.0 Å². The maximum atomic E-state index is 12.5. The van der Waals surface area contributed by atoms with E-state index in [-0.39, 0.29) is 0 Å². The summed E-state index contributed by atoms with van der Waals surface area (Å²) in [5, 5.41) is 0. The average Bonchev–Trinajstić information content (AvgIpc) is 3.03. The van der Waals surface area contributed by atoms with Gasteiger partial charge in [0.1, 0.15) is 37.3 Å². The first-order valence-corrected chi connectivity index (χ1v) is 9.09. The number of aromatic nitrogens is 1. The van der Waals surface area contributed by atoms with Crippen LogP contribution in [0.1, 0.15) is 12.8 Å². The van der Waals surface area contributed by atoms with E-state index < -0.39 is 10.0 Å². The second-order valence-corrected chi connectivity index (χ2v) is 7.90. The lowest BCUT2D eigenvalue weighted by atomic mass is 10.3. The molecule has 0 aliphatic carbocycles. The summed E-state index contributed by atoms with van der Waals surface area (Å²) >= 11 is 0. The van der Waals surface area contributed by atoms with Crippen LogP contribution < -0.4 is 14.8 Å². The number of pyridine rings is 1. The molecule has 116 valence electrons. The molecule has 6 nitrogen and oxygen atoms in total. The maximum absolute atomic E-state index is 12.5. The smallest absolute Gasteiger partial charge is 0.274 e. The number of H-pyrrole nitrogens is 1. The summed E-state index contributed by atoms with van der Waals surface area (Å²) in [4.78, 5) is 7.35. The normalized spacial score (nSPS) is 21.9. The highest BCUT2D eigenvalue weighted by molar-refractivity contribution is 7.89. The first kappa shape index (κ1) is 14.7. The number of aromatic amines is 1. The van der Waals surface area contributed by atoms with Gasteiger partial charge in [0.25, 0.3) is 5.82 Å². The SMILES string of the molecule is C[NH+]1CCN(c2ccc(S(=O)(=O)N3CCCC3)c[nH+]2)CC1. The van der Waals surface area contributed by atoms with E-state index in [4.69, 9.17) is 0 Å². The summed E-state index contributed by atoms with van der Waals surface area (Å²) in [6.07, 6.45) is 3.56. The van der Waals surface area contributed by atoms with Crippen molar-refractivity contribution in [3.05, 3.63) is 18.3 Å². The van der Waals surface area contributed by atoms with Crippen LogP contribution in [0.3, 0.4) is 0 Å². The van der Waals surface area contributed by atoms with Crippen molar-refractivity contribution in [1.29, 1.82) is 0 Å². The molecule has 1 aromatic rings. The number of nitrogens with one attached hydrogen (secondary N) is 2. The van der Waals surface area contributed by atoms with E-state index in [1.54, 1.807) is 21.5 Å². The number of sulfonamides is 1. The van der Waals surface area contributed by atoms with Gasteiger partial charge < -0.3 is 4.90 Å². The molecule has 2 aliphatic heterocycles. The van der Waals surface area contributed by atoms with Crippen LogP contribution >= 0.6 is 0 Å². The fourth-order valence-corrected chi connectivity index (χ4v) is 4.45. The van der Waals surface area contributed by atoms with Gasteiger partial charge in [-0.05, 0) is 18.9 Å². The number of quaternary nitrogens is 1. The number of rotatable bonds is 3. The Bertz CT molecular complexity index is 573. The Morgan fingerprint density at radius 1 is 1.10 bits per heavy atom. The van der Waals surface area contributed by atoms with Crippen molar-refractivity contribution >= 4 is 15.8 Å². The lowest BCUT2D eigenvalue weighted by molar-refractivity contribution is -0.880. The molecule has 3 rings (SSSR count). The number of likely N-dealkylation sites (N-methyl/N-ethyl adjacent to an activating group) is 1. The molecule has 0 unspecified atom stereocenters. The molecule has 2 saturated heterocycles. The van der Waals surface area contributed by atoms with E-state index >= 15 is 0 Å². The molecule has 0 aromatic carbocycles. The summed E-state index contributed by atoms with van der Waals surface area (Å²) in [5.41, 5.74) is 0. The number of nitrogens with zero attached hydrogens (tertiary/aromatic N) is 2. The van der Waals surface area contributed by atoms with Gasteiger partial charge >= 0.3 is 0 Å². The number of hydrogen-bond acceptors (Lipinski definition) is 3. The van der Waals surface area contributed by atoms with Gasteiger partial charge in [0, 0.05) is 19.2 Å². The fourth-order valence-electron chi connectivity index (χ4n) is 2.97. The van der Waals surface area contributed by atoms with Gasteiger partial charge in [-0.15, -0.1) is 0 Å². The maximum Gasteiger partial charge on any atom is 0.274 e. The summed E-state index contributed by atoms with van der Waals surface area (Å²) in [5.74, 6) is 1.00.